The highest BCUT2D eigenvalue weighted by Crippen LogP contribution is 2.35. The number of hydrogen-bond donors (Lipinski definition) is 1. The Morgan fingerprint density at radius 3 is 2.85 bits per heavy atom. The fraction of sp³-hybridized carbons (Fsp3) is 0.500. The van der Waals surface area contributed by atoms with E-state index >= 15 is 0 Å². The number of benzene rings is 1. The Morgan fingerprint density at radius 2 is 2.10 bits per heavy atom. The average Bonchev–Trinajstić information content (AvgIpc) is 2.57. The molecule has 0 bridgehead atoms. The lowest BCUT2D eigenvalue weighted by Gasteiger charge is -2.35. The summed E-state index contributed by atoms with van der Waals surface area (Å²) in [6.07, 6.45) is 2.11. The molecule has 1 heterocycles. The van der Waals surface area contributed by atoms with Crippen LogP contribution in [-0.4, -0.2) is 35.8 Å². The molecule has 1 fully saturated rings. The van der Waals surface area contributed by atoms with Gasteiger partial charge in [-0.25, -0.2) is 0 Å². The second-order valence-electron chi connectivity index (χ2n) is 5.66. The van der Waals surface area contributed by atoms with E-state index in [1.54, 1.807) is 0 Å². The van der Waals surface area contributed by atoms with Crippen LogP contribution in [0.1, 0.15) is 36.8 Å². The van der Waals surface area contributed by atoms with Crippen LogP contribution in [0.2, 0.25) is 0 Å². The van der Waals surface area contributed by atoms with Crippen molar-refractivity contribution >= 4 is 11.8 Å². The molecule has 2 atom stereocenters. The predicted octanol–water partition coefficient (Wildman–Crippen LogP) is 1.45. The monoisotopic (exact) mass is 272 g/mol. The number of amides is 2. The first-order chi connectivity index (χ1) is 9.69. The van der Waals surface area contributed by atoms with E-state index in [1.165, 1.54) is 11.1 Å². The highest BCUT2D eigenvalue weighted by molar-refractivity contribution is 5.89. The van der Waals surface area contributed by atoms with E-state index < -0.39 is 0 Å². The van der Waals surface area contributed by atoms with Crippen molar-refractivity contribution in [1.29, 1.82) is 0 Å². The molecule has 0 aromatic heterocycles. The van der Waals surface area contributed by atoms with Gasteiger partial charge >= 0.3 is 0 Å². The van der Waals surface area contributed by atoms with Crippen LogP contribution in [0.25, 0.3) is 0 Å². The smallest absolute Gasteiger partial charge is 0.245 e. The molecule has 4 heteroatoms. The van der Waals surface area contributed by atoms with Crippen molar-refractivity contribution in [3.63, 3.8) is 0 Å². The van der Waals surface area contributed by atoms with Gasteiger partial charge in [0.1, 0.15) is 6.04 Å². The molecule has 1 N–H and O–H groups in total. The summed E-state index contributed by atoms with van der Waals surface area (Å²) in [5.41, 5.74) is 2.75. The van der Waals surface area contributed by atoms with Gasteiger partial charge in [-0.3, -0.25) is 9.59 Å². The van der Waals surface area contributed by atoms with Crippen molar-refractivity contribution in [3.8, 4) is 0 Å². The second-order valence-corrected chi connectivity index (χ2v) is 5.66. The number of nitrogens with zero attached hydrogens (tertiary/aromatic N) is 1. The molecular weight excluding hydrogens is 252 g/mol. The Morgan fingerprint density at radius 1 is 1.30 bits per heavy atom. The molecule has 1 aliphatic carbocycles. The maximum absolute atomic E-state index is 12.4. The number of carbonyl (C=O) groups is 2. The number of rotatable bonds is 3. The molecule has 2 unspecified atom stereocenters. The van der Waals surface area contributed by atoms with Crippen LogP contribution < -0.4 is 5.32 Å². The first-order valence-electron chi connectivity index (χ1n) is 7.35. The van der Waals surface area contributed by atoms with Crippen molar-refractivity contribution in [2.75, 3.05) is 13.1 Å². The van der Waals surface area contributed by atoms with Crippen LogP contribution in [0.5, 0.6) is 0 Å². The van der Waals surface area contributed by atoms with Crippen molar-refractivity contribution in [3.05, 3.63) is 35.4 Å². The van der Waals surface area contributed by atoms with Crippen molar-refractivity contribution < 1.29 is 9.59 Å². The lowest BCUT2D eigenvalue weighted by molar-refractivity contribution is -0.133. The molecule has 3 rings (SSSR count). The van der Waals surface area contributed by atoms with E-state index in [4.69, 9.17) is 0 Å². The second kappa shape index (κ2) is 5.27. The zero-order valence-electron chi connectivity index (χ0n) is 11.8. The third-order valence-corrected chi connectivity index (χ3v) is 4.36. The fourth-order valence-electron chi connectivity index (χ4n) is 3.14. The minimum Gasteiger partial charge on any atom is -0.344 e. The van der Waals surface area contributed by atoms with Crippen LogP contribution in [0.3, 0.4) is 0 Å². The molecule has 1 aliphatic heterocycles. The Labute approximate surface area is 119 Å². The number of nitrogens with one attached hydrogen (secondary N) is 1. The lowest BCUT2D eigenvalue weighted by Crippen LogP contribution is -2.46. The molecule has 2 amide bonds. The van der Waals surface area contributed by atoms with Gasteiger partial charge in [-0.15, -0.1) is 0 Å². The van der Waals surface area contributed by atoms with Crippen molar-refractivity contribution in [1.82, 2.24) is 10.2 Å². The predicted molar refractivity (Wildman–Crippen MR) is 76.3 cm³/mol. The number of carbonyl (C=O) groups excluding carboxylic acids is 2. The summed E-state index contributed by atoms with van der Waals surface area (Å²) in [7, 11) is 0. The van der Waals surface area contributed by atoms with Gasteiger partial charge in [-0.05, 0) is 24.0 Å². The average molecular weight is 272 g/mol. The molecule has 106 valence electrons. The molecule has 1 aromatic carbocycles. The fourth-order valence-corrected chi connectivity index (χ4v) is 3.14. The summed E-state index contributed by atoms with van der Waals surface area (Å²) in [6.45, 7) is 3.21. The molecular formula is C16H20N2O2. The van der Waals surface area contributed by atoms with Gasteiger partial charge in [0.05, 0.1) is 0 Å². The summed E-state index contributed by atoms with van der Waals surface area (Å²) < 4.78 is 0. The molecule has 20 heavy (non-hydrogen) atoms. The molecule has 4 nitrogen and oxygen atoms in total. The maximum atomic E-state index is 12.4. The maximum Gasteiger partial charge on any atom is 0.245 e. The topological polar surface area (TPSA) is 49.4 Å². The number of fused-ring (bicyclic) bond motifs is 1. The summed E-state index contributed by atoms with van der Waals surface area (Å²) in [6, 6.07) is 8.06. The minimum absolute atomic E-state index is 0.0123. The van der Waals surface area contributed by atoms with E-state index in [-0.39, 0.29) is 17.9 Å². The Hall–Kier alpha value is -1.84. The van der Waals surface area contributed by atoms with E-state index in [0.29, 0.717) is 25.3 Å². The van der Waals surface area contributed by atoms with E-state index in [2.05, 4.69) is 29.6 Å². The van der Waals surface area contributed by atoms with Crippen molar-refractivity contribution in [2.24, 2.45) is 0 Å². The van der Waals surface area contributed by atoms with E-state index in [9.17, 15) is 9.59 Å². The highest BCUT2D eigenvalue weighted by Gasteiger charge is 2.33. The van der Waals surface area contributed by atoms with E-state index in [1.807, 2.05) is 11.8 Å². The quantitative estimate of drug-likeness (QED) is 0.905. The zero-order valence-corrected chi connectivity index (χ0v) is 11.8. The molecule has 0 radical (unpaired) electrons. The molecule has 0 saturated carbocycles. The van der Waals surface area contributed by atoms with Gasteiger partial charge in [-0.1, -0.05) is 31.2 Å². The van der Waals surface area contributed by atoms with Crippen LogP contribution in [-0.2, 0) is 16.0 Å². The van der Waals surface area contributed by atoms with Crippen LogP contribution in [0.4, 0.5) is 0 Å². The molecule has 2 aliphatic rings. The number of hydrogen-bond acceptors (Lipinski definition) is 2. The van der Waals surface area contributed by atoms with Gasteiger partial charge in [0, 0.05) is 25.4 Å². The first kappa shape index (κ1) is 13.2. The zero-order chi connectivity index (χ0) is 14.1. The summed E-state index contributed by atoms with van der Waals surface area (Å²) in [5.74, 6) is 0.491. The largest absolute Gasteiger partial charge is 0.344 e. The summed E-state index contributed by atoms with van der Waals surface area (Å²) in [5, 5.41) is 2.81. The standard InChI is InChI=1S/C16H20N2O2/c1-2-14-16(20)18(8-7-15(19)17-14)10-12-9-11-5-3-4-6-13(11)12/h3-6,12,14H,2,7-10H2,1H3,(H,17,19). The van der Waals surface area contributed by atoms with Gasteiger partial charge < -0.3 is 10.2 Å². The Balaban J connectivity index is 1.71. The van der Waals surface area contributed by atoms with Gasteiger partial charge in [0.15, 0.2) is 0 Å². The van der Waals surface area contributed by atoms with Crippen LogP contribution in [0, 0.1) is 0 Å². The first-order valence-corrected chi connectivity index (χ1v) is 7.35. The Kier molecular flexibility index (Phi) is 3.47. The van der Waals surface area contributed by atoms with Gasteiger partial charge in [0.25, 0.3) is 0 Å². The van der Waals surface area contributed by atoms with Gasteiger partial charge in [0.2, 0.25) is 11.8 Å². The Bertz CT molecular complexity index is 541. The normalized spacial score (nSPS) is 25.6. The highest BCUT2D eigenvalue weighted by atomic mass is 16.2. The minimum atomic E-state index is -0.347. The lowest BCUT2D eigenvalue weighted by atomic mass is 9.77. The van der Waals surface area contributed by atoms with Gasteiger partial charge in [-0.2, -0.15) is 0 Å². The third-order valence-electron chi connectivity index (χ3n) is 4.36. The van der Waals surface area contributed by atoms with Crippen molar-refractivity contribution in [2.45, 2.75) is 38.1 Å². The van der Waals surface area contributed by atoms with Crippen LogP contribution >= 0.6 is 0 Å². The third kappa shape index (κ3) is 2.30. The molecule has 1 aromatic rings. The SMILES string of the molecule is CCC1NC(=O)CCN(CC2Cc3ccccc32)C1=O. The molecule has 0 spiro atoms. The van der Waals surface area contributed by atoms with E-state index in [0.717, 1.165) is 13.0 Å². The summed E-state index contributed by atoms with van der Waals surface area (Å²) >= 11 is 0. The molecule has 1 saturated heterocycles. The summed E-state index contributed by atoms with van der Waals surface area (Å²) in [4.78, 5) is 25.9. The van der Waals surface area contributed by atoms with Crippen LogP contribution in [0.15, 0.2) is 24.3 Å².